The lowest BCUT2D eigenvalue weighted by atomic mass is 10.0. The summed E-state index contributed by atoms with van der Waals surface area (Å²) in [4.78, 5) is 0. The molecule has 0 aromatic carbocycles. The van der Waals surface area contributed by atoms with E-state index in [4.69, 9.17) is 4.74 Å². The molecule has 0 saturated heterocycles. The van der Waals surface area contributed by atoms with Crippen molar-refractivity contribution in [1.29, 1.82) is 0 Å². The maximum Gasteiger partial charge on any atom is 0.217 e. The molecule has 2 atom stereocenters. The standard InChI is InChI=1S/C15H32O5S/c1-4-5-6-7-8-9-10-11-14(2)12-19-13-15(3)20-21(16,17)18/h14-15H,4-13H2,1-3H3,(H,16,17,18)/p-1. The lowest BCUT2D eigenvalue weighted by molar-refractivity contribution is 0.0382. The second kappa shape index (κ2) is 12.4. The van der Waals surface area contributed by atoms with Crippen molar-refractivity contribution in [1.82, 2.24) is 0 Å². The van der Waals surface area contributed by atoms with Crippen LogP contribution in [-0.4, -0.2) is 32.3 Å². The fourth-order valence-electron chi connectivity index (χ4n) is 2.20. The van der Waals surface area contributed by atoms with Crippen LogP contribution in [0.4, 0.5) is 0 Å². The number of hydrogen-bond donors (Lipinski definition) is 0. The highest BCUT2D eigenvalue weighted by atomic mass is 32.3. The van der Waals surface area contributed by atoms with E-state index < -0.39 is 16.5 Å². The van der Waals surface area contributed by atoms with Crippen molar-refractivity contribution < 1.29 is 21.9 Å². The highest BCUT2D eigenvalue weighted by Crippen LogP contribution is 2.13. The van der Waals surface area contributed by atoms with Gasteiger partial charge in [0.2, 0.25) is 10.4 Å². The molecule has 5 nitrogen and oxygen atoms in total. The van der Waals surface area contributed by atoms with Gasteiger partial charge in [0.1, 0.15) is 0 Å². The van der Waals surface area contributed by atoms with Gasteiger partial charge in [-0.25, -0.2) is 8.42 Å². The van der Waals surface area contributed by atoms with Gasteiger partial charge in [-0.05, 0) is 19.3 Å². The van der Waals surface area contributed by atoms with Gasteiger partial charge in [-0.1, -0.05) is 58.8 Å². The van der Waals surface area contributed by atoms with Crippen LogP contribution in [0.2, 0.25) is 0 Å². The van der Waals surface area contributed by atoms with Crippen LogP contribution in [0.3, 0.4) is 0 Å². The van der Waals surface area contributed by atoms with Crippen LogP contribution in [0.25, 0.3) is 0 Å². The summed E-state index contributed by atoms with van der Waals surface area (Å²) in [7, 11) is -4.63. The van der Waals surface area contributed by atoms with Crippen LogP contribution < -0.4 is 0 Å². The Kier molecular flexibility index (Phi) is 12.3. The molecule has 0 aromatic heterocycles. The lowest BCUT2D eigenvalue weighted by Crippen LogP contribution is -2.21. The zero-order chi connectivity index (χ0) is 16.1. The normalized spacial score (nSPS) is 15.0. The van der Waals surface area contributed by atoms with E-state index in [-0.39, 0.29) is 6.61 Å². The van der Waals surface area contributed by atoms with E-state index in [1.54, 1.807) is 0 Å². The van der Waals surface area contributed by atoms with E-state index in [2.05, 4.69) is 18.0 Å². The van der Waals surface area contributed by atoms with Crippen LogP contribution in [0.15, 0.2) is 0 Å². The minimum Gasteiger partial charge on any atom is -0.726 e. The maximum absolute atomic E-state index is 10.4. The molecule has 0 aliphatic carbocycles. The van der Waals surface area contributed by atoms with Gasteiger partial charge >= 0.3 is 0 Å². The number of ether oxygens (including phenoxy) is 1. The third kappa shape index (κ3) is 16.0. The van der Waals surface area contributed by atoms with E-state index in [9.17, 15) is 13.0 Å². The van der Waals surface area contributed by atoms with Crippen LogP contribution in [0.5, 0.6) is 0 Å². The summed E-state index contributed by atoms with van der Waals surface area (Å²) in [5.41, 5.74) is 0. The molecule has 0 aromatic rings. The minimum absolute atomic E-state index is 0.128. The molecule has 0 rings (SSSR count). The first-order chi connectivity index (χ1) is 9.85. The Morgan fingerprint density at radius 3 is 2.10 bits per heavy atom. The fourth-order valence-corrected chi connectivity index (χ4v) is 2.66. The van der Waals surface area contributed by atoms with Crippen molar-refractivity contribution in [3.63, 3.8) is 0 Å². The van der Waals surface area contributed by atoms with Gasteiger partial charge in [-0.2, -0.15) is 0 Å². The Morgan fingerprint density at radius 2 is 1.52 bits per heavy atom. The molecule has 0 bridgehead atoms. The van der Waals surface area contributed by atoms with Crippen molar-refractivity contribution in [3.8, 4) is 0 Å². The Hall–Kier alpha value is -0.170. The van der Waals surface area contributed by atoms with Gasteiger partial charge in [0.05, 0.1) is 12.7 Å². The summed E-state index contributed by atoms with van der Waals surface area (Å²) in [5.74, 6) is 0.441. The third-order valence-electron chi connectivity index (χ3n) is 3.34. The predicted octanol–water partition coefficient (Wildman–Crippen LogP) is 3.65. The largest absolute Gasteiger partial charge is 0.726 e. The molecule has 2 unspecified atom stereocenters. The van der Waals surface area contributed by atoms with E-state index in [0.29, 0.717) is 12.5 Å². The van der Waals surface area contributed by atoms with E-state index in [0.717, 1.165) is 6.42 Å². The first-order valence-electron chi connectivity index (χ1n) is 8.07. The lowest BCUT2D eigenvalue weighted by Gasteiger charge is -2.17. The molecule has 0 aliphatic rings. The van der Waals surface area contributed by atoms with E-state index in [1.807, 2.05) is 0 Å². The molecule has 0 aliphatic heterocycles. The summed E-state index contributed by atoms with van der Waals surface area (Å²) >= 11 is 0. The van der Waals surface area contributed by atoms with Crippen molar-refractivity contribution in [2.75, 3.05) is 13.2 Å². The topological polar surface area (TPSA) is 75.7 Å². The van der Waals surface area contributed by atoms with Gasteiger partial charge in [-0.3, -0.25) is 4.18 Å². The van der Waals surface area contributed by atoms with Crippen molar-refractivity contribution in [2.24, 2.45) is 5.92 Å². The van der Waals surface area contributed by atoms with Crippen LogP contribution in [0, 0.1) is 5.92 Å². The molecule has 0 radical (unpaired) electrons. The molecule has 0 fully saturated rings. The summed E-state index contributed by atoms with van der Waals surface area (Å²) in [6.45, 7) is 6.55. The molecule has 128 valence electrons. The molecule has 0 amide bonds. The summed E-state index contributed by atoms with van der Waals surface area (Å²) in [5, 5.41) is 0. The van der Waals surface area contributed by atoms with Gasteiger partial charge in [-0.15, -0.1) is 0 Å². The summed E-state index contributed by atoms with van der Waals surface area (Å²) < 4.78 is 40.8. The first-order valence-corrected chi connectivity index (χ1v) is 9.40. The monoisotopic (exact) mass is 323 g/mol. The van der Waals surface area contributed by atoms with Crippen LogP contribution in [-0.2, 0) is 19.3 Å². The Balaban J connectivity index is 3.44. The zero-order valence-electron chi connectivity index (χ0n) is 13.7. The van der Waals surface area contributed by atoms with Crippen molar-refractivity contribution in [3.05, 3.63) is 0 Å². The Labute approximate surface area is 130 Å². The van der Waals surface area contributed by atoms with Gasteiger partial charge in [0.25, 0.3) is 0 Å². The highest BCUT2D eigenvalue weighted by Gasteiger charge is 2.08. The van der Waals surface area contributed by atoms with E-state index in [1.165, 1.54) is 51.9 Å². The average Bonchev–Trinajstić information content (AvgIpc) is 2.35. The quantitative estimate of drug-likeness (QED) is 0.277. The molecule has 0 N–H and O–H groups in total. The predicted molar refractivity (Wildman–Crippen MR) is 82.8 cm³/mol. The number of unbranched alkanes of at least 4 members (excludes halogenated alkanes) is 6. The summed E-state index contributed by atoms with van der Waals surface area (Å²) in [6.07, 6.45) is 9.46. The third-order valence-corrected chi connectivity index (χ3v) is 3.90. The number of rotatable bonds is 14. The average molecular weight is 323 g/mol. The van der Waals surface area contributed by atoms with Gasteiger partial charge < -0.3 is 9.29 Å². The molecule has 6 heteroatoms. The second-order valence-corrected chi connectivity index (χ2v) is 6.88. The van der Waals surface area contributed by atoms with Crippen LogP contribution in [0.1, 0.15) is 72.1 Å². The van der Waals surface area contributed by atoms with Crippen LogP contribution >= 0.6 is 0 Å². The number of hydrogen-bond acceptors (Lipinski definition) is 5. The minimum atomic E-state index is -4.63. The molecule has 0 heterocycles. The SMILES string of the molecule is CCCCCCCCCC(C)COCC(C)OS(=O)(=O)[O-]. The molecular weight excluding hydrogens is 292 g/mol. The smallest absolute Gasteiger partial charge is 0.217 e. The van der Waals surface area contributed by atoms with Gasteiger partial charge in [0.15, 0.2) is 0 Å². The summed E-state index contributed by atoms with van der Waals surface area (Å²) in [6, 6.07) is 0. The Bertz CT molecular complexity index is 329. The molecule has 0 spiro atoms. The van der Waals surface area contributed by atoms with Crippen molar-refractivity contribution >= 4 is 10.4 Å². The zero-order valence-corrected chi connectivity index (χ0v) is 14.5. The highest BCUT2D eigenvalue weighted by molar-refractivity contribution is 7.80. The molecule has 0 saturated carbocycles. The second-order valence-electron chi connectivity index (χ2n) is 5.87. The first kappa shape index (κ1) is 20.8. The van der Waals surface area contributed by atoms with E-state index >= 15 is 0 Å². The molecule has 21 heavy (non-hydrogen) atoms. The fraction of sp³-hybridized carbons (Fsp3) is 1.00. The van der Waals surface area contributed by atoms with Crippen molar-refractivity contribution in [2.45, 2.75) is 78.2 Å². The Morgan fingerprint density at radius 1 is 0.952 bits per heavy atom. The molecular formula is C15H31O5S-. The van der Waals surface area contributed by atoms with Gasteiger partial charge in [0, 0.05) is 6.61 Å². The maximum atomic E-state index is 10.4.